The Morgan fingerprint density at radius 2 is 2.23 bits per heavy atom. The van der Waals surface area contributed by atoms with E-state index in [1.54, 1.807) is 6.07 Å². The second-order valence-electron chi connectivity index (χ2n) is 2.65. The largest absolute Gasteiger partial charge is 0.392 e. The van der Waals surface area contributed by atoms with E-state index in [0.717, 1.165) is 15.6 Å². The molecule has 2 aromatic rings. The van der Waals surface area contributed by atoms with Gasteiger partial charge in [0.2, 0.25) is 0 Å². The van der Waals surface area contributed by atoms with Gasteiger partial charge in [0.15, 0.2) is 0 Å². The molecule has 1 aromatic carbocycles. The number of aliphatic hydroxyl groups is 1. The molecule has 0 radical (unpaired) electrons. The van der Waals surface area contributed by atoms with Crippen LogP contribution >= 0.6 is 27.3 Å². The summed E-state index contributed by atoms with van der Waals surface area (Å²) in [5.74, 6) is -0.291. The molecule has 0 unspecified atom stereocenters. The van der Waals surface area contributed by atoms with E-state index >= 15 is 0 Å². The first-order valence-corrected chi connectivity index (χ1v) is 5.36. The van der Waals surface area contributed by atoms with Crippen LogP contribution in [0.3, 0.4) is 0 Å². The van der Waals surface area contributed by atoms with Crippen molar-refractivity contribution in [3.8, 4) is 0 Å². The Balaban J connectivity index is 2.85. The highest BCUT2D eigenvalue weighted by Crippen LogP contribution is 2.33. The van der Waals surface area contributed by atoms with Crippen molar-refractivity contribution >= 4 is 37.4 Å². The number of aliphatic hydroxyl groups excluding tert-OH is 1. The van der Waals surface area contributed by atoms with E-state index < -0.39 is 0 Å². The van der Waals surface area contributed by atoms with Crippen molar-refractivity contribution < 1.29 is 9.50 Å². The molecular weight excluding hydrogens is 255 g/mol. The maximum Gasteiger partial charge on any atom is 0.138 e. The van der Waals surface area contributed by atoms with E-state index in [-0.39, 0.29) is 12.4 Å². The molecule has 1 N–H and O–H groups in total. The van der Waals surface area contributed by atoms with Gasteiger partial charge in [0.25, 0.3) is 0 Å². The number of halogens is 2. The molecule has 0 aliphatic rings. The minimum Gasteiger partial charge on any atom is -0.392 e. The monoisotopic (exact) mass is 260 g/mol. The molecule has 4 heteroatoms. The zero-order valence-electron chi connectivity index (χ0n) is 6.55. The maximum absolute atomic E-state index is 13.1. The molecule has 0 saturated heterocycles. The van der Waals surface area contributed by atoms with E-state index in [1.165, 1.54) is 17.4 Å². The van der Waals surface area contributed by atoms with Crippen LogP contribution in [-0.4, -0.2) is 5.11 Å². The highest BCUT2D eigenvalue weighted by molar-refractivity contribution is 9.10. The highest BCUT2D eigenvalue weighted by atomic mass is 79.9. The smallest absolute Gasteiger partial charge is 0.138 e. The molecule has 1 nitrogen and oxygen atoms in total. The molecule has 2 rings (SSSR count). The maximum atomic E-state index is 13.1. The third-order valence-electron chi connectivity index (χ3n) is 1.88. The minimum atomic E-state index is -0.291. The third kappa shape index (κ3) is 1.39. The summed E-state index contributed by atoms with van der Waals surface area (Å²) in [6, 6.07) is 3.14. The van der Waals surface area contributed by atoms with E-state index in [9.17, 15) is 4.39 Å². The van der Waals surface area contributed by atoms with Gasteiger partial charge in [-0.1, -0.05) is 0 Å². The predicted octanol–water partition coefficient (Wildman–Crippen LogP) is 3.30. The van der Waals surface area contributed by atoms with Crippen LogP contribution in [-0.2, 0) is 6.61 Å². The summed E-state index contributed by atoms with van der Waals surface area (Å²) in [5.41, 5.74) is 0.770. The fourth-order valence-corrected chi connectivity index (χ4v) is 2.93. The number of hydrogen-bond donors (Lipinski definition) is 1. The summed E-state index contributed by atoms with van der Waals surface area (Å²) >= 11 is 4.68. The lowest BCUT2D eigenvalue weighted by Gasteiger charge is -1.98. The van der Waals surface area contributed by atoms with Gasteiger partial charge in [-0.3, -0.25) is 0 Å². The average molecular weight is 261 g/mol. The first-order chi connectivity index (χ1) is 6.24. The highest BCUT2D eigenvalue weighted by Gasteiger charge is 2.10. The van der Waals surface area contributed by atoms with Crippen LogP contribution in [0.15, 0.2) is 22.0 Å². The lowest BCUT2D eigenvalue weighted by Crippen LogP contribution is -1.82. The van der Waals surface area contributed by atoms with Crippen LogP contribution in [0.5, 0.6) is 0 Å². The first-order valence-electron chi connectivity index (χ1n) is 3.69. The molecule has 0 aliphatic heterocycles. The van der Waals surface area contributed by atoms with Gasteiger partial charge in [0.1, 0.15) is 5.82 Å². The standard InChI is InChI=1S/C9H6BrFOS/c10-9-6(11)1-2-7-8(9)5(3-12)4-13-7/h1-2,4,12H,3H2. The van der Waals surface area contributed by atoms with Gasteiger partial charge < -0.3 is 5.11 Å². The quantitative estimate of drug-likeness (QED) is 0.835. The van der Waals surface area contributed by atoms with Crippen molar-refractivity contribution in [3.63, 3.8) is 0 Å². The summed E-state index contributed by atoms with van der Waals surface area (Å²) in [5, 5.41) is 11.6. The van der Waals surface area contributed by atoms with Crippen LogP contribution in [0.2, 0.25) is 0 Å². The topological polar surface area (TPSA) is 20.2 Å². The fourth-order valence-electron chi connectivity index (χ4n) is 1.24. The van der Waals surface area contributed by atoms with E-state index in [2.05, 4.69) is 15.9 Å². The molecule has 1 aromatic heterocycles. The molecular formula is C9H6BrFOS. The van der Waals surface area contributed by atoms with Crippen LogP contribution in [0.25, 0.3) is 10.1 Å². The van der Waals surface area contributed by atoms with Gasteiger partial charge in [0.05, 0.1) is 11.1 Å². The summed E-state index contributed by atoms with van der Waals surface area (Å²) in [6.07, 6.45) is 0. The molecule has 68 valence electrons. The predicted molar refractivity (Wildman–Crippen MR) is 55.4 cm³/mol. The zero-order chi connectivity index (χ0) is 9.42. The summed E-state index contributed by atoms with van der Waals surface area (Å²) < 4.78 is 14.5. The molecule has 13 heavy (non-hydrogen) atoms. The molecule has 0 amide bonds. The van der Waals surface area contributed by atoms with Gasteiger partial charge in [-0.25, -0.2) is 4.39 Å². The summed E-state index contributed by atoms with van der Waals surface area (Å²) in [4.78, 5) is 0. The Bertz CT molecular complexity index is 452. The molecule has 0 spiro atoms. The molecule has 1 heterocycles. The van der Waals surface area contributed by atoms with Crippen molar-refractivity contribution in [2.45, 2.75) is 6.61 Å². The number of hydrogen-bond acceptors (Lipinski definition) is 2. The molecule has 0 fully saturated rings. The summed E-state index contributed by atoms with van der Waals surface area (Å²) in [7, 11) is 0. The minimum absolute atomic E-state index is 0.0535. The van der Waals surface area contributed by atoms with Crippen LogP contribution in [0, 0.1) is 5.82 Å². The second-order valence-corrected chi connectivity index (χ2v) is 4.36. The van der Waals surface area contributed by atoms with Gasteiger partial charge in [-0.15, -0.1) is 11.3 Å². The molecule has 0 atom stereocenters. The van der Waals surface area contributed by atoms with E-state index in [4.69, 9.17) is 5.11 Å². The number of fused-ring (bicyclic) bond motifs is 1. The Hall–Kier alpha value is -0.450. The Morgan fingerprint density at radius 1 is 1.46 bits per heavy atom. The number of benzene rings is 1. The Kier molecular flexibility index (Phi) is 2.36. The number of rotatable bonds is 1. The van der Waals surface area contributed by atoms with Gasteiger partial charge in [-0.2, -0.15) is 0 Å². The zero-order valence-corrected chi connectivity index (χ0v) is 8.95. The van der Waals surface area contributed by atoms with Crippen molar-refractivity contribution in [1.82, 2.24) is 0 Å². The van der Waals surface area contributed by atoms with Crippen LogP contribution in [0.1, 0.15) is 5.56 Å². The Labute approximate surface area is 86.9 Å². The van der Waals surface area contributed by atoms with E-state index in [1.807, 2.05) is 5.38 Å². The number of thiophene rings is 1. The lowest BCUT2D eigenvalue weighted by molar-refractivity contribution is 0.283. The normalized spacial score (nSPS) is 11.0. The van der Waals surface area contributed by atoms with Gasteiger partial charge >= 0.3 is 0 Å². The third-order valence-corrected chi connectivity index (χ3v) is 3.65. The second kappa shape index (κ2) is 3.36. The van der Waals surface area contributed by atoms with Crippen molar-refractivity contribution in [2.24, 2.45) is 0 Å². The van der Waals surface area contributed by atoms with Gasteiger partial charge in [-0.05, 0) is 39.0 Å². The van der Waals surface area contributed by atoms with Crippen molar-refractivity contribution in [2.75, 3.05) is 0 Å². The van der Waals surface area contributed by atoms with Crippen molar-refractivity contribution in [3.05, 3.63) is 33.4 Å². The summed E-state index contributed by atoms with van der Waals surface area (Å²) in [6.45, 7) is -0.0535. The van der Waals surface area contributed by atoms with E-state index in [0.29, 0.717) is 4.47 Å². The van der Waals surface area contributed by atoms with Gasteiger partial charge in [0, 0.05) is 10.1 Å². The molecule has 0 saturated carbocycles. The van der Waals surface area contributed by atoms with Crippen LogP contribution in [0.4, 0.5) is 4.39 Å². The fraction of sp³-hybridized carbons (Fsp3) is 0.111. The Morgan fingerprint density at radius 3 is 2.92 bits per heavy atom. The van der Waals surface area contributed by atoms with Crippen LogP contribution < -0.4 is 0 Å². The molecule has 0 bridgehead atoms. The molecule has 0 aliphatic carbocycles. The van der Waals surface area contributed by atoms with Crippen molar-refractivity contribution in [1.29, 1.82) is 0 Å². The average Bonchev–Trinajstić information content (AvgIpc) is 2.55. The lowest BCUT2D eigenvalue weighted by atomic mass is 10.2. The SMILES string of the molecule is OCc1csc2ccc(F)c(Br)c12. The first kappa shape index (κ1) is 9.12.